The molecule has 3 unspecified atom stereocenters. The molecule has 0 heterocycles. The molecule has 0 aromatic rings. The first kappa shape index (κ1) is 122. The lowest BCUT2D eigenvalue weighted by atomic mass is 9.90. The van der Waals surface area contributed by atoms with Crippen LogP contribution in [-0.2, 0) is 86.1 Å². The number of rotatable bonds is 73. The van der Waals surface area contributed by atoms with E-state index in [4.69, 9.17) is 46.7 Å². The highest BCUT2D eigenvalue weighted by Gasteiger charge is 2.41. The number of methoxy groups -OCH3 is 3. The number of Topliss-reactive ketones (excluding diaryl/α,β-unsaturated/α-hetero) is 4. The molecule has 0 saturated carbocycles. The lowest BCUT2D eigenvalue weighted by Gasteiger charge is -2.24. The predicted molar refractivity (Wildman–Crippen MR) is 442 cm³/mol. The standard InChI is InChI=1S/C33H62N6O12.C26H49N5O11.C20H37N3O10/c1-51-33(50)23(14-7-10-18-36)39-30(46)20(11-5-8-16-34)19-25(41)22(13-6-9-17-35)38-31(47)21(37)12-3-2-4-15-24(40)26(42)27(43)28(44)29(45)32(48)49;1-42-26(41)17(10-3-6-12-28)31-23(37)15(8-2-5-11-27)14-18(32)16(29)9-4-7-13-30-24(38)21(35)19(33)20(34)22(36)25(39)40;1-33-20(32)12(8-5-6-10-21)23-18(29)11(22)7-3-2-4-9-13(24)14(25)15(26)16(27)17(28)19(30)31/h20-23,26-29,42-45H,2-19,34-37H2,1H3,(H,38,47)(H,39,46)(H,48,49);15-17,19-22,33-36H,2-14,27-29H2,1H3,(H,30,38)(H,31,37)(H,39,40);11-12,14-17,25-28H,2-10,21-22H2,1H3,(H,23,29)(H,30,31)/p+6/t20-,21+,22+,23?,26-,27+,28+,29-;15-,16-,17?,19+,20-,21-,22+;11-,12?,14+,15-,16-,17+/m110/s1. The van der Waals surface area contributed by atoms with Crippen LogP contribution in [0.15, 0.2) is 0 Å². The molecule has 0 saturated heterocycles. The number of aliphatic carboxylic acids is 3. The van der Waals surface area contributed by atoms with Crippen LogP contribution < -0.4 is 78.2 Å². The van der Waals surface area contributed by atoms with Crippen LogP contribution >= 0.6 is 0 Å². The van der Waals surface area contributed by atoms with Gasteiger partial charge in [-0.2, -0.15) is 0 Å². The van der Waals surface area contributed by atoms with E-state index in [0.717, 1.165) is 19.3 Å². The number of amides is 5. The molecule has 0 aliphatic carbocycles. The van der Waals surface area contributed by atoms with Crippen LogP contribution in [0.25, 0.3) is 0 Å². The van der Waals surface area contributed by atoms with Gasteiger partial charge in [0.05, 0.1) is 47.0 Å². The molecule has 0 rings (SSSR count). The van der Waals surface area contributed by atoms with Crippen molar-refractivity contribution >= 4 is 88.5 Å². The molecule has 47 heteroatoms. The van der Waals surface area contributed by atoms with Crippen molar-refractivity contribution in [3.8, 4) is 0 Å². The van der Waals surface area contributed by atoms with Gasteiger partial charge in [0.25, 0.3) is 17.7 Å². The van der Waals surface area contributed by atoms with Gasteiger partial charge in [0.2, 0.25) is 11.8 Å². The molecule has 47 nitrogen and oxygen atoms in total. The lowest BCUT2D eigenvalue weighted by molar-refractivity contribution is -0.405. The summed E-state index contributed by atoms with van der Waals surface area (Å²) in [6, 6.07) is -5.37. The predicted octanol–water partition coefficient (Wildman–Crippen LogP) is -13.1. The molecule has 732 valence electrons. The van der Waals surface area contributed by atoms with Gasteiger partial charge >= 0.3 is 35.8 Å². The number of ketones is 4. The summed E-state index contributed by atoms with van der Waals surface area (Å²) in [6.07, 6.45) is -12.6. The maximum atomic E-state index is 13.6. The van der Waals surface area contributed by atoms with Crippen LogP contribution in [0.1, 0.15) is 212 Å². The minimum Gasteiger partial charge on any atom is -0.479 e. The number of carbonyl (C=O) groups is 15. The number of carbonyl (C=O) groups excluding carboxylic acids is 12. The Bertz CT molecular complexity index is 3180. The van der Waals surface area contributed by atoms with Gasteiger partial charge in [-0.1, -0.05) is 12.8 Å². The summed E-state index contributed by atoms with van der Waals surface area (Å²) >= 11 is 0. The first-order chi connectivity index (χ1) is 59.4. The first-order valence-corrected chi connectivity index (χ1v) is 43.1. The zero-order chi connectivity index (χ0) is 96.7. The number of aliphatic hydroxyl groups is 12. The second-order valence-electron chi connectivity index (χ2n) is 31.1. The zero-order valence-electron chi connectivity index (χ0n) is 73.4. The smallest absolute Gasteiger partial charge is 0.335 e. The van der Waals surface area contributed by atoms with E-state index in [0.29, 0.717) is 200 Å². The highest BCUT2D eigenvalue weighted by molar-refractivity contribution is 5.95. The summed E-state index contributed by atoms with van der Waals surface area (Å²) in [6.45, 7) is 3.39. The Morgan fingerprint density at radius 1 is 0.286 bits per heavy atom. The number of hydrogen-bond donors (Lipinski definition) is 29. The van der Waals surface area contributed by atoms with E-state index in [1.807, 2.05) is 0 Å². The largest absolute Gasteiger partial charge is 0.479 e. The summed E-state index contributed by atoms with van der Waals surface area (Å²) in [4.78, 5) is 183. The van der Waals surface area contributed by atoms with Crippen LogP contribution in [0, 0.1) is 11.8 Å². The van der Waals surface area contributed by atoms with Gasteiger partial charge in [0, 0.05) is 63.3 Å². The molecule has 126 heavy (non-hydrogen) atoms. The summed E-state index contributed by atoms with van der Waals surface area (Å²) < 4.78 is 14.4. The highest BCUT2D eigenvalue weighted by atomic mass is 16.5. The minimum atomic E-state index is -2.39. The van der Waals surface area contributed by atoms with Gasteiger partial charge in [-0.3, -0.25) is 43.2 Å². The van der Waals surface area contributed by atoms with Crippen molar-refractivity contribution in [1.29, 1.82) is 0 Å². The summed E-state index contributed by atoms with van der Waals surface area (Å²) in [5, 5.41) is 154. The van der Waals surface area contributed by atoms with E-state index < -0.39 is 204 Å². The summed E-state index contributed by atoms with van der Waals surface area (Å²) in [5.74, 6) is -13.5. The number of nitrogens with one attached hydrogen (secondary N) is 5. The van der Waals surface area contributed by atoms with Crippen molar-refractivity contribution in [2.75, 3.05) is 67.1 Å². The van der Waals surface area contributed by atoms with E-state index in [1.165, 1.54) is 21.3 Å². The fourth-order valence-corrected chi connectivity index (χ4v) is 12.6. The van der Waals surface area contributed by atoms with Crippen molar-refractivity contribution in [3.63, 3.8) is 0 Å². The van der Waals surface area contributed by atoms with Crippen molar-refractivity contribution in [1.82, 2.24) is 26.6 Å². The molecule has 0 radical (unpaired) electrons. The first-order valence-electron chi connectivity index (χ1n) is 43.1. The third kappa shape index (κ3) is 51.9. The third-order valence-electron chi connectivity index (χ3n) is 20.8. The number of hydrogen-bond acceptors (Lipinski definition) is 33. The van der Waals surface area contributed by atoms with Crippen molar-refractivity contribution in [2.24, 2.45) is 29.0 Å². The van der Waals surface area contributed by atoms with Crippen LogP contribution in [0.3, 0.4) is 0 Å². The average molecular weight is 1830 g/mol. The van der Waals surface area contributed by atoms with E-state index in [1.54, 1.807) is 0 Å². The van der Waals surface area contributed by atoms with Crippen LogP contribution in [0.4, 0.5) is 0 Å². The van der Waals surface area contributed by atoms with E-state index in [2.05, 4.69) is 61.0 Å². The Labute approximate surface area is 733 Å². The number of esters is 3. The van der Waals surface area contributed by atoms with Gasteiger partial charge in [-0.15, -0.1) is 0 Å². The van der Waals surface area contributed by atoms with Gasteiger partial charge in [0.15, 0.2) is 59.6 Å². The molecule has 0 aromatic heterocycles. The SMILES string of the molecule is COC(=O)C(CCCCN)NC(=O)[C@@H]([NH3+])CCCCCC(=O)[C@@H](O)[C@H](O)[C@H](O)[C@@H](O)C(=O)O.COC(=O)C(CCCCN)NC(=O)[C@H](CCCC[NH3+])CC(=O)[C@H](CCCC[NH3+])NC(=O)[C@@H]([NH3+])CCCCCC(=O)[C@@H](O)[C@H](O)[C@H](O)[C@@H](O)C(=O)O.COC(=O)C(CCCCN)NC(=O)[C@H](CCCC[NH3+])CC(=O)[C@H]([NH3+])CCCCNC(=O)[C@H](O)[C@@H](O)[C@@H](O)[C@H](O)C(=O)O. The monoisotopic (exact) mass is 1830 g/mol. The molecule has 0 aromatic carbocycles. The second-order valence-corrected chi connectivity index (χ2v) is 31.1. The number of ether oxygens (including phenoxy) is 3. The maximum Gasteiger partial charge on any atom is 0.335 e. The molecular formula is C79H154N14O33+6. The Hall–Kier alpha value is -7.99. The van der Waals surface area contributed by atoms with E-state index in [9.17, 15) is 133 Å². The third-order valence-corrected chi connectivity index (χ3v) is 20.8. The van der Waals surface area contributed by atoms with Gasteiger partial charge in [-0.25, -0.2) is 28.8 Å². The van der Waals surface area contributed by atoms with E-state index >= 15 is 0 Å². The minimum absolute atomic E-state index is 0.0380. The molecule has 0 bridgehead atoms. The topological polar surface area (TPSA) is 891 Å². The number of aliphatic hydroxyl groups excluding tert-OH is 12. The van der Waals surface area contributed by atoms with Crippen LogP contribution in [-0.4, -0.2) is 348 Å². The van der Waals surface area contributed by atoms with Crippen LogP contribution in [0.5, 0.6) is 0 Å². The molecule has 5 amide bonds. The van der Waals surface area contributed by atoms with Gasteiger partial charge < -0.3 is 169 Å². The van der Waals surface area contributed by atoms with Crippen molar-refractivity contribution in [2.45, 2.75) is 327 Å². The lowest BCUT2D eigenvalue weighted by Crippen LogP contribution is -2.68. The quantitative estimate of drug-likeness (QED) is 0.0153. The second kappa shape index (κ2) is 71.9. The Kier molecular flexibility index (Phi) is 69.7. The Morgan fingerprint density at radius 2 is 0.556 bits per heavy atom. The van der Waals surface area contributed by atoms with Gasteiger partial charge in [-0.05, 0) is 174 Å². The van der Waals surface area contributed by atoms with E-state index in [-0.39, 0.29) is 50.2 Å². The average Bonchev–Trinajstić information content (AvgIpc) is 0.878. The number of unbranched alkanes of at least 4 members (excludes halogenated alkanes) is 11. The molecule has 0 aliphatic rings. The maximum absolute atomic E-state index is 13.6. The normalized spacial score (nSPS) is 16.3. The molecule has 44 N–H and O–H groups in total. The molecule has 0 spiro atoms. The highest BCUT2D eigenvalue weighted by Crippen LogP contribution is 2.22. The van der Waals surface area contributed by atoms with Crippen LogP contribution in [0.2, 0.25) is 0 Å². The fraction of sp³-hybridized carbons (Fsp3) is 0.810. The van der Waals surface area contributed by atoms with Crippen molar-refractivity contribution in [3.05, 3.63) is 0 Å². The molecular weight excluding hydrogens is 1670 g/mol. The van der Waals surface area contributed by atoms with Crippen molar-refractivity contribution < 1.29 is 197 Å². The number of carboxylic acids is 3. The molecule has 0 aliphatic heterocycles. The fourth-order valence-electron chi connectivity index (χ4n) is 12.6. The van der Waals surface area contributed by atoms with Gasteiger partial charge in [0.1, 0.15) is 73.0 Å². The number of quaternary nitrogens is 6. The Balaban J connectivity index is -0.00000184. The molecule has 21 atom stereocenters. The zero-order valence-corrected chi connectivity index (χ0v) is 73.4. The summed E-state index contributed by atoms with van der Waals surface area (Å²) in [7, 11) is 3.71. The number of nitrogens with two attached hydrogens (primary N) is 3. The summed E-state index contributed by atoms with van der Waals surface area (Å²) in [5.41, 5.74) is 39.6. The molecule has 0 fully saturated rings. The number of carboxylic acid groups (broad SMARTS) is 3. The Morgan fingerprint density at radius 3 is 0.881 bits per heavy atom.